The maximum atomic E-state index is 13.6. The van der Waals surface area contributed by atoms with Gasteiger partial charge in [-0.25, -0.2) is 8.78 Å². The van der Waals surface area contributed by atoms with Gasteiger partial charge in [-0.2, -0.15) is 0 Å². The van der Waals surface area contributed by atoms with Crippen LogP contribution in [0.25, 0.3) is 0 Å². The Morgan fingerprint density at radius 1 is 0.769 bits per heavy atom. The Bertz CT molecular complexity index is 748. The molecule has 8 heteroatoms. The number of anilines is 2. The van der Waals surface area contributed by atoms with Gasteiger partial charge in [-0.1, -0.05) is 23.2 Å². The van der Waals surface area contributed by atoms with Gasteiger partial charge in [0.1, 0.15) is 11.6 Å². The zero-order valence-corrected chi connectivity index (χ0v) is 15.1. The molecule has 0 aliphatic heterocycles. The summed E-state index contributed by atoms with van der Waals surface area (Å²) in [5, 5.41) is 5.36. The lowest BCUT2D eigenvalue weighted by atomic mass is 10.1. The van der Waals surface area contributed by atoms with Gasteiger partial charge in [-0.3, -0.25) is 9.59 Å². The number of halogens is 4. The first kappa shape index (κ1) is 20.1. The Morgan fingerprint density at radius 3 is 1.50 bits per heavy atom. The molecule has 4 nitrogen and oxygen atoms in total. The Hall–Kier alpha value is -2.18. The van der Waals surface area contributed by atoms with Crippen molar-refractivity contribution in [3.63, 3.8) is 0 Å². The van der Waals surface area contributed by atoms with E-state index in [-0.39, 0.29) is 46.1 Å². The van der Waals surface area contributed by atoms with Crippen molar-refractivity contribution in [1.29, 1.82) is 0 Å². The van der Waals surface area contributed by atoms with Crippen LogP contribution in [0.5, 0.6) is 0 Å². The Kier molecular flexibility index (Phi) is 7.36. The summed E-state index contributed by atoms with van der Waals surface area (Å²) in [4.78, 5) is 23.6. The van der Waals surface area contributed by atoms with E-state index in [1.54, 1.807) is 0 Å². The lowest BCUT2D eigenvalue weighted by Gasteiger charge is -2.08. The van der Waals surface area contributed by atoms with Gasteiger partial charge < -0.3 is 10.6 Å². The number of rotatable bonds is 7. The maximum Gasteiger partial charge on any atom is 0.224 e. The van der Waals surface area contributed by atoms with Crippen molar-refractivity contribution in [2.45, 2.75) is 25.7 Å². The van der Waals surface area contributed by atoms with E-state index in [1.807, 2.05) is 0 Å². The van der Waals surface area contributed by atoms with Crippen molar-refractivity contribution in [2.75, 3.05) is 10.6 Å². The summed E-state index contributed by atoms with van der Waals surface area (Å²) in [5.41, 5.74) is 0.103. The first-order valence-corrected chi connectivity index (χ1v) is 8.60. The summed E-state index contributed by atoms with van der Waals surface area (Å²) in [6.07, 6.45) is 1.12. The topological polar surface area (TPSA) is 58.2 Å². The molecule has 138 valence electrons. The number of amides is 2. The average molecular weight is 401 g/mol. The molecule has 26 heavy (non-hydrogen) atoms. The van der Waals surface area contributed by atoms with Crippen molar-refractivity contribution >= 4 is 46.4 Å². The highest BCUT2D eigenvalue weighted by Crippen LogP contribution is 2.20. The Morgan fingerprint density at radius 2 is 1.15 bits per heavy atom. The number of benzene rings is 2. The molecule has 0 atom stereocenters. The van der Waals surface area contributed by atoms with Crippen molar-refractivity contribution in [2.24, 2.45) is 0 Å². The quantitative estimate of drug-likeness (QED) is 0.610. The molecule has 0 heterocycles. The third kappa shape index (κ3) is 6.28. The highest BCUT2D eigenvalue weighted by atomic mass is 35.5. The number of carbonyl (C=O) groups excluding carboxylic acids is 2. The predicted octanol–water partition coefficient (Wildman–Crippen LogP) is 5.41. The molecule has 2 aromatic rings. The summed E-state index contributed by atoms with van der Waals surface area (Å²) in [5.74, 6) is -1.96. The minimum Gasteiger partial charge on any atom is -0.324 e. The Balaban J connectivity index is 1.70. The first-order valence-electron chi connectivity index (χ1n) is 7.85. The molecule has 0 aliphatic rings. The van der Waals surface area contributed by atoms with E-state index in [0.29, 0.717) is 12.8 Å². The molecule has 2 rings (SSSR count). The zero-order chi connectivity index (χ0) is 19.1. The van der Waals surface area contributed by atoms with Crippen LogP contribution in [0.3, 0.4) is 0 Å². The van der Waals surface area contributed by atoms with Crippen LogP contribution in [-0.2, 0) is 9.59 Å². The second-order valence-corrected chi connectivity index (χ2v) is 6.42. The third-order valence-corrected chi connectivity index (χ3v) is 3.94. The first-order chi connectivity index (χ1) is 12.3. The molecule has 0 bridgehead atoms. The number of hydrogen-bond acceptors (Lipinski definition) is 2. The van der Waals surface area contributed by atoms with Gasteiger partial charge in [0.15, 0.2) is 0 Å². The molecule has 2 N–H and O–H groups in total. The van der Waals surface area contributed by atoms with Gasteiger partial charge in [-0.15, -0.1) is 0 Å². The number of hydrogen-bond donors (Lipinski definition) is 2. The van der Waals surface area contributed by atoms with Crippen LogP contribution in [0.1, 0.15) is 25.7 Å². The third-order valence-electron chi connectivity index (χ3n) is 3.47. The molecule has 2 amide bonds. The van der Waals surface area contributed by atoms with Gasteiger partial charge in [0, 0.05) is 22.9 Å². The fourth-order valence-electron chi connectivity index (χ4n) is 2.18. The maximum absolute atomic E-state index is 13.6. The smallest absolute Gasteiger partial charge is 0.224 e. The molecule has 0 fully saturated rings. The minimum absolute atomic E-state index is 0.0513. The molecule has 0 aliphatic carbocycles. The standard InChI is InChI=1S/C18H16Cl2F2N2O2/c19-11-5-7-15(13(21)9-11)23-17(25)3-1-2-4-18(26)24-16-8-6-12(20)10-14(16)22/h5-10H,1-4H2,(H,23,25)(H,24,26). The number of unbranched alkanes of at least 4 members (excludes halogenated alkanes) is 1. The minimum atomic E-state index is -0.616. The van der Waals surface area contributed by atoms with Gasteiger partial charge in [-0.05, 0) is 49.2 Å². The molecule has 0 unspecified atom stereocenters. The summed E-state index contributed by atoms with van der Waals surface area (Å²) < 4.78 is 27.2. The van der Waals surface area contributed by atoms with E-state index >= 15 is 0 Å². The summed E-state index contributed by atoms with van der Waals surface area (Å²) in [7, 11) is 0. The summed E-state index contributed by atoms with van der Waals surface area (Å²) in [6, 6.07) is 7.92. The molecule has 0 radical (unpaired) electrons. The van der Waals surface area contributed by atoms with E-state index in [1.165, 1.54) is 24.3 Å². The van der Waals surface area contributed by atoms with Gasteiger partial charge in [0.25, 0.3) is 0 Å². The van der Waals surface area contributed by atoms with Crippen LogP contribution < -0.4 is 10.6 Å². The van der Waals surface area contributed by atoms with Gasteiger partial charge in [0.05, 0.1) is 11.4 Å². The molecule has 0 aromatic heterocycles. The van der Waals surface area contributed by atoms with E-state index in [2.05, 4.69) is 10.6 Å². The summed E-state index contributed by atoms with van der Waals surface area (Å²) in [6.45, 7) is 0. The zero-order valence-electron chi connectivity index (χ0n) is 13.6. The second kappa shape index (κ2) is 9.50. The molecule has 0 spiro atoms. The highest BCUT2D eigenvalue weighted by molar-refractivity contribution is 6.31. The van der Waals surface area contributed by atoms with Gasteiger partial charge >= 0.3 is 0 Å². The molecule has 0 saturated carbocycles. The van der Waals surface area contributed by atoms with Crippen molar-refractivity contribution in [3.05, 3.63) is 58.1 Å². The fourth-order valence-corrected chi connectivity index (χ4v) is 2.50. The highest BCUT2D eigenvalue weighted by Gasteiger charge is 2.10. The van der Waals surface area contributed by atoms with Gasteiger partial charge in [0.2, 0.25) is 11.8 Å². The lowest BCUT2D eigenvalue weighted by Crippen LogP contribution is -2.14. The molecular formula is C18H16Cl2F2N2O2. The lowest BCUT2D eigenvalue weighted by molar-refractivity contribution is -0.118. The fraction of sp³-hybridized carbons (Fsp3) is 0.222. The van der Waals surface area contributed by atoms with Crippen LogP contribution in [0.4, 0.5) is 20.2 Å². The van der Waals surface area contributed by atoms with E-state index in [4.69, 9.17) is 23.2 Å². The van der Waals surface area contributed by atoms with Crippen molar-refractivity contribution in [3.8, 4) is 0 Å². The van der Waals surface area contributed by atoms with Crippen LogP contribution in [0.15, 0.2) is 36.4 Å². The summed E-state index contributed by atoms with van der Waals surface area (Å²) >= 11 is 11.3. The van der Waals surface area contributed by atoms with Crippen molar-refractivity contribution in [1.82, 2.24) is 0 Å². The average Bonchev–Trinajstić information content (AvgIpc) is 2.57. The number of carbonyl (C=O) groups is 2. The molecule has 2 aromatic carbocycles. The van der Waals surface area contributed by atoms with Crippen LogP contribution >= 0.6 is 23.2 Å². The SMILES string of the molecule is O=C(CCCCC(=O)Nc1ccc(Cl)cc1F)Nc1ccc(Cl)cc1F. The van der Waals surface area contributed by atoms with Crippen molar-refractivity contribution < 1.29 is 18.4 Å². The molecular weight excluding hydrogens is 385 g/mol. The van der Waals surface area contributed by atoms with E-state index < -0.39 is 11.6 Å². The Labute approximate surface area is 159 Å². The predicted molar refractivity (Wildman–Crippen MR) is 98.5 cm³/mol. The van der Waals surface area contributed by atoms with Crippen LogP contribution in [0.2, 0.25) is 10.0 Å². The normalized spacial score (nSPS) is 10.5. The largest absolute Gasteiger partial charge is 0.324 e. The van der Waals surface area contributed by atoms with E-state index in [9.17, 15) is 18.4 Å². The molecule has 0 saturated heterocycles. The van der Waals surface area contributed by atoms with Crippen LogP contribution in [0, 0.1) is 11.6 Å². The second-order valence-electron chi connectivity index (χ2n) is 5.55. The van der Waals surface area contributed by atoms with E-state index in [0.717, 1.165) is 12.1 Å². The van der Waals surface area contributed by atoms with Crippen LogP contribution in [-0.4, -0.2) is 11.8 Å². The monoisotopic (exact) mass is 400 g/mol. The number of nitrogens with one attached hydrogen (secondary N) is 2.